The van der Waals surface area contributed by atoms with Crippen LogP contribution in [0.5, 0.6) is 0 Å². The van der Waals surface area contributed by atoms with E-state index in [1.165, 1.54) is 0 Å². The number of nitrogens with zero attached hydrogens (tertiary/aromatic N) is 1. The molecule has 0 saturated carbocycles. The fourth-order valence-electron chi connectivity index (χ4n) is 1.12. The molecule has 0 heterocycles. The number of aliphatic carboxylic acids is 1. The maximum Gasteiger partial charge on any atom is 0.304 e. The van der Waals surface area contributed by atoms with Crippen LogP contribution in [0.1, 0.15) is 27.2 Å². The summed E-state index contributed by atoms with van der Waals surface area (Å²) in [6, 6.07) is -0.293. The van der Waals surface area contributed by atoms with Crippen LogP contribution in [0.15, 0.2) is 0 Å². The predicted octanol–water partition coefficient (Wildman–Crippen LogP) is 0.554. The van der Waals surface area contributed by atoms with Crippen LogP contribution in [0.4, 0.5) is 0 Å². The normalized spacial score (nSPS) is 12.9. The number of hydrogen-bond donors (Lipinski definition) is 2. The summed E-state index contributed by atoms with van der Waals surface area (Å²) in [5, 5.41) is 11.4. The maximum atomic E-state index is 11.6. The van der Waals surface area contributed by atoms with Crippen molar-refractivity contribution in [2.75, 3.05) is 20.1 Å². The Labute approximate surface area is 96.8 Å². The molecule has 0 fully saturated rings. The third-order valence-corrected chi connectivity index (χ3v) is 2.40. The Hall–Kier alpha value is -1.10. The molecule has 0 rings (SSSR count). The van der Waals surface area contributed by atoms with Crippen LogP contribution in [-0.2, 0) is 9.59 Å². The average molecular weight is 230 g/mol. The van der Waals surface area contributed by atoms with Crippen LogP contribution >= 0.6 is 0 Å². The van der Waals surface area contributed by atoms with E-state index in [-0.39, 0.29) is 18.4 Å². The Bertz CT molecular complexity index is 241. The van der Waals surface area contributed by atoms with Crippen molar-refractivity contribution in [3.63, 3.8) is 0 Å². The molecule has 0 aromatic heterocycles. The van der Waals surface area contributed by atoms with E-state index in [9.17, 15) is 9.59 Å². The van der Waals surface area contributed by atoms with Gasteiger partial charge in [0.15, 0.2) is 0 Å². The van der Waals surface area contributed by atoms with Crippen molar-refractivity contribution in [3.8, 4) is 0 Å². The molecule has 0 aromatic rings. The number of carbonyl (C=O) groups is 2. The Kier molecular flexibility index (Phi) is 6.72. The van der Waals surface area contributed by atoms with E-state index in [4.69, 9.17) is 5.11 Å². The highest BCUT2D eigenvalue weighted by Gasteiger charge is 2.18. The topological polar surface area (TPSA) is 69.6 Å². The van der Waals surface area contributed by atoms with Gasteiger partial charge in [0.2, 0.25) is 5.91 Å². The van der Waals surface area contributed by atoms with E-state index in [0.29, 0.717) is 19.0 Å². The maximum absolute atomic E-state index is 11.6. The second-order valence-corrected chi connectivity index (χ2v) is 4.44. The van der Waals surface area contributed by atoms with E-state index < -0.39 is 5.97 Å². The second kappa shape index (κ2) is 7.22. The van der Waals surface area contributed by atoms with Gasteiger partial charge in [-0.05, 0) is 19.9 Å². The quantitative estimate of drug-likeness (QED) is 0.670. The highest BCUT2D eigenvalue weighted by Crippen LogP contribution is 1.98. The van der Waals surface area contributed by atoms with Crippen molar-refractivity contribution in [1.82, 2.24) is 10.2 Å². The van der Waals surface area contributed by atoms with Gasteiger partial charge in [0.1, 0.15) is 0 Å². The van der Waals surface area contributed by atoms with Gasteiger partial charge in [-0.1, -0.05) is 13.8 Å². The zero-order valence-electron chi connectivity index (χ0n) is 10.5. The molecule has 94 valence electrons. The lowest BCUT2D eigenvalue weighted by Crippen LogP contribution is -2.44. The minimum Gasteiger partial charge on any atom is -0.481 e. The summed E-state index contributed by atoms with van der Waals surface area (Å²) in [5.74, 6) is -0.483. The molecule has 0 aliphatic carbocycles. The zero-order valence-corrected chi connectivity index (χ0v) is 10.5. The molecule has 5 nitrogen and oxygen atoms in total. The van der Waals surface area contributed by atoms with Crippen molar-refractivity contribution < 1.29 is 14.7 Å². The lowest BCUT2D eigenvalue weighted by atomic mass is 10.2. The Morgan fingerprint density at radius 2 is 1.88 bits per heavy atom. The van der Waals surface area contributed by atoms with Gasteiger partial charge in [0.25, 0.3) is 0 Å². The van der Waals surface area contributed by atoms with Crippen molar-refractivity contribution in [3.05, 3.63) is 0 Å². The first-order valence-electron chi connectivity index (χ1n) is 5.54. The van der Waals surface area contributed by atoms with Crippen LogP contribution in [0.3, 0.4) is 0 Å². The lowest BCUT2D eigenvalue weighted by molar-refractivity contribution is -0.138. The molecule has 0 saturated heterocycles. The zero-order chi connectivity index (χ0) is 12.7. The molecule has 0 bridgehead atoms. The molecule has 1 atom stereocenters. The number of carbonyl (C=O) groups excluding carboxylic acids is 1. The average Bonchev–Trinajstić information content (AvgIpc) is 2.21. The smallest absolute Gasteiger partial charge is 0.304 e. The third kappa shape index (κ3) is 6.40. The molecule has 0 radical (unpaired) electrons. The van der Waals surface area contributed by atoms with Gasteiger partial charge in [-0.2, -0.15) is 0 Å². The molecule has 1 amide bonds. The van der Waals surface area contributed by atoms with E-state index in [2.05, 4.69) is 5.32 Å². The SMILES string of the molecule is CC(C)CNC(=O)C(C)N(C)CCC(=O)O. The molecular formula is C11H22N2O3. The molecule has 0 aromatic carbocycles. The summed E-state index contributed by atoms with van der Waals surface area (Å²) in [5.41, 5.74) is 0. The number of likely N-dealkylation sites (N-methyl/N-ethyl adjacent to an activating group) is 1. The van der Waals surface area contributed by atoms with Crippen LogP contribution in [0.2, 0.25) is 0 Å². The van der Waals surface area contributed by atoms with E-state index in [0.717, 1.165) is 0 Å². The van der Waals surface area contributed by atoms with Crippen molar-refractivity contribution >= 4 is 11.9 Å². The Morgan fingerprint density at radius 3 is 2.31 bits per heavy atom. The first-order chi connectivity index (χ1) is 7.34. The summed E-state index contributed by atoms with van der Waals surface area (Å²) in [6.07, 6.45) is 0.0539. The van der Waals surface area contributed by atoms with E-state index in [1.54, 1.807) is 18.9 Å². The summed E-state index contributed by atoms with van der Waals surface area (Å²) in [7, 11) is 1.75. The van der Waals surface area contributed by atoms with Crippen LogP contribution in [0, 0.1) is 5.92 Å². The number of nitrogens with one attached hydrogen (secondary N) is 1. The number of hydrogen-bond acceptors (Lipinski definition) is 3. The van der Waals surface area contributed by atoms with Crippen molar-refractivity contribution in [2.24, 2.45) is 5.92 Å². The van der Waals surface area contributed by atoms with Gasteiger partial charge in [0.05, 0.1) is 12.5 Å². The second-order valence-electron chi connectivity index (χ2n) is 4.44. The largest absolute Gasteiger partial charge is 0.481 e. The molecule has 5 heteroatoms. The highest BCUT2D eigenvalue weighted by molar-refractivity contribution is 5.81. The summed E-state index contributed by atoms with van der Waals surface area (Å²) < 4.78 is 0. The van der Waals surface area contributed by atoms with E-state index >= 15 is 0 Å². The molecule has 16 heavy (non-hydrogen) atoms. The summed E-state index contributed by atoms with van der Waals surface area (Å²) >= 11 is 0. The van der Waals surface area contributed by atoms with Crippen LogP contribution < -0.4 is 5.32 Å². The number of amides is 1. The molecule has 1 unspecified atom stereocenters. The predicted molar refractivity (Wildman–Crippen MR) is 62.2 cm³/mol. The van der Waals surface area contributed by atoms with Crippen molar-refractivity contribution in [1.29, 1.82) is 0 Å². The van der Waals surface area contributed by atoms with Gasteiger partial charge in [-0.25, -0.2) is 0 Å². The molecule has 2 N–H and O–H groups in total. The fourth-order valence-corrected chi connectivity index (χ4v) is 1.12. The third-order valence-electron chi connectivity index (χ3n) is 2.40. The Balaban J connectivity index is 3.96. The number of carboxylic acids is 1. The molecular weight excluding hydrogens is 208 g/mol. The molecule has 0 spiro atoms. The van der Waals surface area contributed by atoms with Crippen LogP contribution in [0.25, 0.3) is 0 Å². The minimum absolute atomic E-state index is 0.0539. The van der Waals surface area contributed by atoms with Gasteiger partial charge in [0, 0.05) is 13.1 Å². The van der Waals surface area contributed by atoms with Gasteiger partial charge in [-0.15, -0.1) is 0 Å². The standard InChI is InChI=1S/C11H22N2O3/c1-8(2)7-12-11(16)9(3)13(4)6-5-10(14)15/h8-9H,5-7H2,1-4H3,(H,12,16)(H,14,15). The first kappa shape index (κ1) is 14.9. The van der Waals surface area contributed by atoms with Crippen LogP contribution in [-0.4, -0.2) is 48.1 Å². The van der Waals surface area contributed by atoms with Gasteiger partial charge in [-0.3, -0.25) is 14.5 Å². The van der Waals surface area contributed by atoms with Gasteiger partial charge < -0.3 is 10.4 Å². The summed E-state index contributed by atoms with van der Waals surface area (Å²) in [6.45, 7) is 6.86. The summed E-state index contributed by atoms with van der Waals surface area (Å²) in [4.78, 5) is 23.8. The van der Waals surface area contributed by atoms with Gasteiger partial charge >= 0.3 is 5.97 Å². The first-order valence-corrected chi connectivity index (χ1v) is 5.54. The fraction of sp³-hybridized carbons (Fsp3) is 0.818. The number of carboxylic acid groups (broad SMARTS) is 1. The number of rotatable bonds is 7. The van der Waals surface area contributed by atoms with Crippen molar-refractivity contribution in [2.45, 2.75) is 33.2 Å². The monoisotopic (exact) mass is 230 g/mol. The molecule has 0 aliphatic rings. The Morgan fingerprint density at radius 1 is 1.31 bits per heavy atom. The molecule has 0 aliphatic heterocycles. The minimum atomic E-state index is -0.846. The van der Waals surface area contributed by atoms with E-state index in [1.807, 2.05) is 13.8 Å². The lowest BCUT2D eigenvalue weighted by Gasteiger charge is -2.23. The highest BCUT2D eigenvalue weighted by atomic mass is 16.4.